The van der Waals surface area contributed by atoms with Crippen molar-refractivity contribution < 1.29 is 4.79 Å². The molecule has 0 radical (unpaired) electrons. The minimum Gasteiger partial charge on any atom is -0.353 e. The number of rotatable bonds is 6. The van der Waals surface area contributed by atoms with Crippen molar-refractivity contribution >= 4 is 5.91 Å². The standard InChI is InChI=1S/C14H28N2O/c1-10(2)6-5-7-11(3)16-14(17)13-8-9-15-12(13)4/h10-13,15H,5-9H2,1-4H3,(H,16,17). The molecule has 0 aromatic rings. The second-order valence-electron chi connectivity index (χ2n) is 5.87. The summed E-state index contributed by atoms with van der Waals surface area (Å²) in [5, 5.41) is 6.47. The molecule has 3 unspecified atom stereocenters. The molecule has 1 aliphatic rings. The molecule has 1 amide bonds. The summed E-state index contributed by atoms with van der Waals surface area (Å²) in [6.07, 6.45) is 4.53. The van der Waals surface area contributed by atoms with Crippen LogP contribution in [0.4, 0.5) is 0 Å². The maximum atomic E-state index is 12.0. The lowest BCUT2D eigenvalue weighted by atomic mass is 9.99. The van der Waals surface area contributed by atoms with E-state index >= 15 is 0 Å². The highest BCUT2D eigenvalue weighted by Crippen LogP contribution is 2.16. The third-order valence-electron chi connectivity index (χ3n) is 3.67. The molecule has 0 bridgehead atoms. The van der Waals surface area contributed by atoms with Crippen molar-refractivity contribution in [3.05, 3.63) is 0 Å². The first-order valence-electron chi connectivity index (χ1n) is 7.04. The van der Waals surface area contributed by atoms with Gasteiger partial charge in [-0.2, -0.15) is 0 Å². The number of carbonyl (C=O) groups is 1. The Kier molecular flexibility index (Phi) is 5.96. The average Bonchev–Trinajstić information content (AvgIpc) is 2.63. The van der Waals surface area contributed by atoms with Crippen LogP contribution in [-0.4, -0.2) is 24.5 Å². The Bertz CT molecular complexity index is 240. The normalized spacial score (nSPS) is 26.2. The third-order valence-corrected chi connectivity index (χ3v) is 3.67. The molecule has 1 rings (SSSR count). The van der Waals surface area contributed by atoms with Gasteiger partial charge in [0.15, 0.2) is 0 Å². The van der Waals surface area contributed by atoms with Gasteiger partial charge in [-0.25, -0.2) is 0 Å². The van der Waals surface area contributed by atoms with E-state index in [1.54, 1.807) is 0 Å². The zero-order valence-corrected chi connectivity index (χ0v) is 11.8. The van der Waals surface area contributed by atoms with E-state index in [4.69, 9.17) is 0 Å². The molecular formula is C14H28N2O. The summed E-state index contributed by atoms with van der Waals surface area (Å²) in [6, 6.07) is 0.645. The van der Waals surface area contributed by atoms with E-state index in [2.05, 4.69) is 38.3 Å². The third kappa shape index (κ3) is 5.07. The topological polar surface area (TPSA) is 41.1 Å². The zero-order chi connectivity index (χ0) is 12.8. The molecule has 1 fully saturated rings. The van der Waals surface area contributed by atoms with Crippen molar-refractivity contribution in [3.63, 3.8) is 0 Å². The van der Waals surface area contributed by atoms with Gasteiger partial charge in [-0.1, -0.05) is 26.7 Å². The van der Waals surface area contributed by atoms with Gasteiger partial charge >= 0.3 is 0 Å². The molecule has 3 atom stereocenters. The van der Waals surface area contributed by atoms with Crippen LogP contribution in [0, 0.1) is 11.8 Å². The summed E-state index contributed by atoms with van der Waals surface area (Å²) in [6.45, 7) is 9.68. The summed E-state index contributed by atoms with van der Waals surface area (Å²) in [5.41, 5.74) is 0. The summed E-state index contributed by atoms with van der Waals surface area (Å²) >= 11 is 0. The lowest BCUT2D eigenvalue weighted by Gasteiger charge is -2.19. The zero-order valence-electron chi connectivity index (χ0n) is 11.8. The molecule has 2 N–H and O–H groups in total. The monoisotopic (exact) mass is 240 g/mol. The molecule has 100 valence electrons. The molecule has 0 saturated carbocycles. The second-order valence-corrected chi connectivity index (χ2v) is 5.87. The molecule has 0 spiro atoms. The van der Waals surface area contributed by atoms with Gasteiger partial charge in [0, 0.05) is 12.1 Å². The van der Waals surface area contributed by atoms with E-state index in [1.807, 2.05) is 0 Å². The minimum absolute atomic E-state index is 0.169. The molecule has 0 aromatic carbocycles. The minimum atomic E-state index is 0.169. The molecule has 1 saturated heterocycles. The van der Waals surface area contributed by atoms with Gasteiger partial charge < -0.3 is 10.6 Å². The first-order chi connectivity index (χ1) is 8.00. The Morgan fingerprint density at radius 3 is 2.59 bits per heavy atom. The molecule has 17 heavy (non-hydrogen) atoms. The van der Waals surface area contributed by atoms with E-state index in [9.17, 15) is 4.79 Å². The van der Waals surface area contributed by atoms with E-state index < -0.39 is 0 Å². The Balaban J connectivity index is 2.21. The van der Waals surface area contributed by atoms with Crippen LogP contribution in [0.1, 0.15) is 53.4 Å². The van der Waals surface area contributed by atoms with Crippen molar-refractivity contribution in [1.82, 2.24) is 10.6 Å². The molecule has 3 nitrogen and oxygen atoms in total. The molecule has 1 heterocycles. The van der Waals surface area contributed by atoms with Crippen molar-refractivity contribution in [1.29, 1.82) is 0 Å². The lowest BCUT2D eigenvalue weighted by molar-refractivity contribution is -0.125. The Morgan fingerprint density at radius 1 is 1.35 bits per heavy atom. The molecule has 1 aliphatic heterocycles. The quantitative estimate of drug-likeness (QED) is 0.748. The van der Waals surface area contributed by atoms with Gasteiger partial charge in [-0.05, 0) is 39.2 Å². The van der Waals surface area contributed by atoms with Crippen LogP contribution in [-0.2, 0) is 4.79 Å². The number of hydrogen-bond acceptors (Lipinski definition) is 2. The SMILES string of the molecule is CC(C)CCCC(C)NC(=O)C1CCNC1C. The lowest BCUT2D eigenvalue weighted by Crippen LogP contribution is -2.41. The van der Waals surface area contributed by atoms with Crippen LogP contribution < -0.4 is 10.6 Å². The Morgan fingerprint density at radius 2 is 2.06 bits per heavy atom. The van der Waals surface area contributed by atoms with E-state index in [-0.39, 0.29) is 11.8 Å². The van der Waals surface area contributed by atoms with Crippen molar-refractivity contribution in [2.24, 2.45) is 11.8 Å². The van der Waals surface area contributed by atoms with Gasteiger partial charge in [0.2, 0.25) is 5.91 Å². The largest absolute Gasteiger partial charge is 0.353 e. The van der Waals surface area contributed by atoms with Gasteiger partial charge in [-0.15, -0.1) is 0 Å². The smallest absolute Gasteiger partial charge is 0.224 e. The predicted octanol–water partition coefficient (Wildman–Crippen LogP) is 2.32. The summed E-state index contributed by atoms with van der Waals surface area (Å²) < 4.78 is 0. The van der Waals surface area contributed by atoms with Crippen molar-refractivity contribution in [2.45, 2.75) is 65.5 Å². The van der Waals surface area contributed by atoms with Gasteiger partial charge in [0.25, 0.3) is 0 Å². The number of nitrogens with one attached hydrogen (secondary N) is 2. The average molecular weight is 240 g/mol. The fourth-order valence-electron chi connectivity index (χ4n) is 2.47. The molecule has 3 heteroatoms. The van der Waals surface area contributed by atoms with E-state index in [1.165, 1.54) is 12.8 Å². The number of amides is 1. The predicted molar refractivity (Wildman–Crippen MR) is 71.9 cm³/mol. The fraction of sp³-hybridized carbons (Fsp3) is 0.929. The van der Waals surface area contributed by atoms with Gasteiger partial charge in [0.05, 0.1) is 5.92 Å². The maximum absolute atomic E-state index is 12.0. The van der Waals surface area contributed by atoms with E-state index in [0.717, 1.165) is 25.3 Å². The number of hydrogen-bond donors (Lipinski definition) is 2. The molecule has 0 aromatic heterocycles. The van der Waals surface area contributed by atoms with Crippen LogP contribution in [0.25, 0.3) is 0 Å². The molecule has 0 aliphatic carbocycles. The highest BCUT2D eigenvalue weighted by atomic mass is 16.2. The first-order valence-corrected chi connectivity index (χ1v) is 7.04. The maximum Gasteiger partial charge on any atom is 0.224 e. The highest BCUT2D eigenvalue weighted by Gasteiger charge is 2.29. The van der Waals surface area contributed by atoms with Crippen molar-refractivity contribution in [2.75, 3.05) is 6.54 Å². The Labute approximate surface area is 106 Å². The summed E-state index contributed by atoms with van der Waals surface area (Å²) in [4.78, 5) is 12.0. The highest BCUT2D eigenvalue weighted by molar-refractivity contribution is 5.79. The first kappa shape index (κ1) is 14.5. The fourth-order valence-corrected chi connectivity index (χ4v) is 2.47. The second kappa shape index (κ2) is 7.00. The van der Waals surface area contributed by atoms with Gasteiger partial charge in [-0.3, -0.25) is 4.79 Å². The van der Waals surface area contributed by atoms with Crippen LogP contribution in [0.15, 0.2) is 0 Å². The summed E-state index contributed by atoms with van der Waals surface area (Å²) in [7, 11) is 0. The summed E-state index contributed by atoms with van der Waals surface area (Å²) in [5.74, 6) is 1.17. The van der Waals surface area contributed by atoms with Crippen LogP contribution in [0.3, 0.4) is 0 Å². The number of carbonyl (C=O) groups excluding carboxylic acids is 1. The van der Waals surface area contributed by atoms with Crippen molar-refractivity contribution in [3.8, 4) is 0 Å². The Hall–Kier alpha value is -0.570. The molecular weight excluding hydrogens is 212 g/mol. The van der Waals surface area contributed by atoms with Crippen LogP contribution >= 0.6 is 0 Å². The van der Waals surface area contributed by atoms with Crippen LogP contribution in [0.5, 0.6) is 0 Å². The van der Waals surface area contributed by atoms with Gasteiger partial charge in [0.1, 0.15) is 0 Å². The van der Waals surface area contributed by atoms with E-state index in [0.29, 0.717) is 12.1 Å². The van der Waals surface area contributed by atoms with Crippen LogP contribution in [0.2, 0.25) is 0 Å².